The Morgan fingerprint density at radius 1 is 0.850 bits per heavy atom. The maximum Gasteiger partial charge on any atom is 0.200 e. The van der Waals surface area contributed by atoms with Crippen molar-refractivity contribution in [2.24, 2.45) is 0 Å². The van der Waals surface area contributed by atoms with E-state index < -0.39 is 34.8 Å². The number of rotatable bonds is 3. The van der Waals surface area contributed by atoms with Gasteiger partial charge in [-0.25, -0.2) is 22.0 Å². The van der Waals surface area contributed by atoms with E-state index in [9.17, 15) is 22.0 Å². The summed E-state index contributed by atoms with van der Waals surface area (Å²) in [5, 5.41) is 2.13. The maximum absolute atomic E-state index is 13.3. The number of benzene rings is 1. The second kappa shape index (κ2) is 5.40. The van der Waals surface area contributed by atoms with Gasteiger partial charge in [0.1, 0.15) is 5.69 Å². The summed E-state index contributed by atoms with van der Waals surface area (Å²) in [5.41, 5.74) is -0.173. The van der Waals surface area contributed by atoms with Crippen LogP contribution in [0.5, 0.6) is 0 Å². The van der Waals surface area contributed by atoms with E-state index in [2.05, 4.69) is 15.3 Å². The van der Waals surface area contributed by atoms with Crippen molar-refractivity contribution < 1.29 is 22.0 Å². The van der Waals surface area contributed by atoms with Crippen LogP contribution in [0.1, 0.15) is 11.4 Å². The Kier molecular flexibility index (Phi) is 3.82. The van der Waals surface area contributed by atoms with Gasteiger partial charge in [0.25, 0.3) is 0 Å². The maximum atomic E-state index is 13.3. The fourth-order valence-corrected chi connectivity index (χ4v) is 1.45. The lowest BCUT2D eigenvalue weighted by Gasteiger charge is -2.10. The van der Waals surface area contributed by atoms with Gasteiger partial charge in [0.15, 0.2) is 23.3 Å². The summed E-state index contributed by atoms with van der Waals surface area (Å²) in [6.45, 7) is 1.46. The Labute approximate surface area is 110 Å². The molecule has 0 radical (unpaired) electrons. The Bertz CT molecular complexity index is 614. The van der Waals surface area contributed by atoms with Gasteiger partial charge in [0.2, 0.25) is 5.82 Å². The molecule has 0 amide bonds. The first-order valence-electron chi connectivity index (χ1n) is 5.44. The monoisotopic (exact) mass is 289 g/mol. The van der Waals surface area contributed by atoms with Crippen LogP contribution in [0.2, 0.25) is 0 Å². The highest BCUT2D eigenvalue weighted by molar-refractivity contribution is 5.47. The highest BCUT2D eigenvalue weighted by Crippen LogP contribution is 2.27. The van der Waals surface area contributed by atoms with Gasteiger partial charge in [0.05, 0.1) is 24.1 Å². The SMILES string of the molecule is Cc1cnc(CNc2c(F)c(F)c(F)c(F)c2F)cn1. The quantitative estimate of drug-likeness (QED) is 0.536. The summed E-state index contributed by atoms with van der Waals surface area (Å²) in [6.07, 6.45) is 2.74. The summed E-state index contributed by atoms with van der Waals surface area (Å²) in [4.78, 5) is 7.77. The Hall–Kier alpha value is -2.25. The summed E-state index contributed by atoms with van der Waals surface area (Å²) in [7, 11) is 0. The van der Waals surface area contributed by atoms with E-state index in [0.717, 1.165) is 0 Å². The van der Waals surface area contributed by atoms with Gasteiger partial charge in [-0.2, -0.15) is 0 Å². The molecule has 3 nitrogen and oxygen atoms in total. The van der Waals surface area contributed by atoms with Crippen LogP contribution in [-0.4, -0.2) is 9.97 Å². The van der Waals surface area contributed by atoms with E-state index in [1.807, 2.05) is 0 Å². The van der Waals surface area contributed by atoms with Crippen molar-refractivity contribution >= 4 is 5.69 Å². The van der Waals surface area contributed by atoms with Crippen LogP contribution in [-0.2, 0) is 6.54 Å². The first-order valence-corrected chi connectivity index (χ1v) is 5.44. The number of nitrogens with zero attached hydrogens (tertiary/aromatic N) is 2. The van der Waals surface area contributed by atoms with Gasteiger partial charge in [-0.05, 0) is 6.92 Å². The van der Waals surface area contributed by atoms with Crippen LogP contribution in [0.15, 0.2) is 12.4 Å². The molecule has 1 heterocycles. The molecule has 0 spiro atoms. The fraction of sp³-hybridized carbons (Fsp3) is 0.167. The van der Waals surface area contributed by atoms with Crippen molar-refractivity contribution in [1.29, 1.82) is 0 Å². The molecule has 0 aliphatic carbocycles. The normalized spacial score (nSPS) is 10.7. The van der Waals surface area contributed by atoms with Gasteiger partial charge >= 0.3 is 0 Å². The molecular weight excluding hydrogens is 281 g/mol. The number of aryl methyl sites for hydroxylation is 1. The highest BCUT2D eigenvalue weighted by atomic mass is 19.2. The van der Waals surface area contributed by atoms with Crippen LogP contribution in [0, 0.1) is 36.0 Å². The predicted molar refractivity (Wildman–Crippen MR) is 60.3 cm³/mol. The van der Waals surface area contributed by atoms with Crippen LogP contribution >= 0.6 is 0 Å². The number of aromatic nitrogens is 2. The van der Waals surface area contributed by atoms with Crippen LogP contribution < -0.4 is 5.32 Å². The minimum atomic E-state index is -2.19. The van der Waals surface area contributed by atoms with E-state index in [1.54, 1.807) is 6.92 Å². The molecule has 1 aromatic heterocycles. The van der Waals surface area contributed by atoms with E-state index in [0.29, 0.717) is 11.4 Å². The molecule has 0 saturated carbocycles. The van der Waals surface area contributed by atoms with Crippen molar-refractivity contribution in [3.8, 4) is 0 Å². The molecule has 0 saturated heterocycles. The fourth-order valence-electron chi connectivity index (χ4n) is 1.45. The number of halogens is 5. The minimum Gasteiger partial charge on any atom is -0.374 e. The van der Waals surface area contributed by atoms with E-state index >= 15 is 0 Å². The lowest BCUT2D eigenvalue weighted by molar-refractivity contribution is 0.381. The molecule has 106 valence electrons. The van der Waals surface area contributed by atoms with Crippen molar-refractivity contribution in [3.05, 3.63) is 52.9 Å². The summed E-state index contributed by atoms with van der Waals surface area (Å²) >= 11 is 0. The Morgan fingerprint density at radius 2 is 1.40 bits per heavy atom. The minimum absolute atomic E-state index is 0.231. The average molecular weight is 289 g/mol. The number of anilines is 1. The number of nitrogens with one attached hydrogen (secondary N) is 1. The van der Waals surface area contributed by atoms with Crippen LogP contribution in [0.25, 0.3) is 0 Å². The van der Waals surface area contributed by atoms with Crippen molar-refractivity contribution in [2.75, 3.05) is 5.32 Å². The second-order valence-corrected chi connectivity index (χ2v) is 3.95. The summed E-state index contributed by atoms with van der Waals surface area (Å²) < 4.78 is 65.4. The third-order valence-corrected chi connectivity index (χ3v) is 2.49. The van der Waals surface area contributed by atoms with Gasteiger partial charge in [-0.3, -0.25) is 9.97 Å². The van der Waals surface area contributed by atoms with Gasteiger partial charge in [-0.15, -0.1) is 0 Å². The number of hydrogen-bond donors (Lipinski definition) is 1. The van der Waals surface area contributed by atoms with Crippen LogP contribution in [0.4, 0.5) is 27.6 Å². The van der Waals surface area contributed by atoms with Gasteiger partial charge < -0.3 is 5.32 Å². The molecule has 2 aromatic rings. The smallest absolute Gasteiger partial charge is 0.200 e. The molecule has 20 heavy (non-hydrogen) atoms. The molecule has 0 atom stereocenters. The predicted octanol–water partition coefficient (Wildman–Crippen LogP) is 3.09. The summed E-state index contributed by atoms with van der Waals surface area (Å²) in [5.74, 6) is -10.0. The molecular formula is C12H8F5N3. The molecule has 1 N–H and O–H groups in total. The first-order chi connectivity index (χ1) is 9.41. The van der Waals surface area contributed by atoms with Crippen molar-refractivity contribution in [2.45, 2.75) is 13.5 Å². The molecule has 0 bridgehead atoms. The van der Waals surface area contributed by atoms with Gasteiger partial charge in [-0.1, -0.05) is 0 Å². The zero-order valence-corrected chi connectivity index (χ0v) is 10.1. The first kappa shape index (κ1) is 14.2. The van der Waals surface area contributed by atoms with Crippen molar-refractivity contribution in [1.82, 2.24) is 9.97 Å². The van der Waals surface area contributed by atoms with Gasteiger partial charge in [0, 0.05) is 6.20 Å². The zero-order chi connectivity index (χ0) is 14.9. The molecule has 0 fully saturated rings. The lowest BCUT2D eigenvalue weighted by atomic mass is 10.2. The molecule has 0 aliphatic heterocycles. The molecule has 8 heteroatoms. The summed E-state index contributed by atoms with van der Waals surface area (Å²) in [6, 6.07) is 0. The zero-order valence-electron chi connectivity index (χ0n) is 10.1. The largest absolute Gasteiger partial charge is 0.374 e. The second-order valence-electron chi connectivity index (χ2n) is 3.95. The number of hydrogen-bond acceptors (Lipinski definition) is 3. The standard InChI is InChI=1S/C12H8F5N3/c1-5-2-19-6(3-18-5)4-20-12-10(16)8(14)7(13)9(15)11(12)17/h2-3,20H,4H2,1H3. The third kappa shape index (κ3) is 2.54. The molecule has 0 aliphatic rings. The Balaban J connectivity index is 2.28. The molecule has 2 rings (SSSR count). The van der Waals surface area contributed by atoms with E-state index in [1.165, 1.54) is 12.4 Å². The topological polar surface area (TPSA) is 37.8 Å². The molecule has 0 unspecified atom stereocenters. The van der Waals surface area contributed by atoms with E-state index in [-0.39, 0.29) is 6.54 Å². The highest BCUT2D eigenvalue weighted by Gasteiger charge is 2.25. The average Bonchev–Trinajstić information content (AvgIpc) is 2.45. The lowest BCUT2D eigenvalue weighted by Crippen LogP contribution is -2.10. The molecule has 1 aromatic carbocycles. The van der Waals surface area contributed by atoms with Crippen LogP contribution in [0.3, 0.4) is 0 Å². The van der Waals surface area contributed by atoms with E-state index in [4.69, 9.17) is 0 Å². The van der Waals surface area contributed by atoms with Crippen molar-refractivity contribution in [3.63, 3.8) is 0 Å². The third-order valence-electron chi connectivity index (χ3n) is 2.49. The Morgan fingerprint density at radius 3 is 1.90 bits per heavy atom.